The van der Waals surface area contributed by atoms with E-state index in [1.54, 1.807) is 29.2 Å². The Morgan fingerprint density at radius 3 is 3.10 bits per heavy atom. The molecule has 2 rings (SSSR count). The molecule has 0 radical (unpaired) electrons. The lowest BCUT2D eigenvalue weighted by Gasteiger charge is -2.23. The van der Waals surface area contributed by atoms with Gasteiger partial charge in [0.05, 0.1) is 24.3 Å². The van der Waals surface area contributed by atoms with Crippen molar-refractivity contribution in [2.45, 2.75) is 19.4 Å². The fourth-order valence-corrected chi connectivity index (χ4v) is 2.54. The number of likely N-dealkylation sites (tertiary alicyclic amines) is 1. The first kappa shape index (κ1) is 14.3. The SMILES string of the molecule is CC1CCN(C(=O)/C=C/c2cccc(C#N)c2)C1CO. The van der Waals surface area contributed by atoms with Crippen molar-refractivity contribution in [1.29, 1.82) is 5.26 Å². The number of hydrogen-bond acceptors (Lipinski definition) is 3. The predicted molar refractivity (Wildman–Crippen MR) is 76.6 cm³/mol. The summed E-state index contributed by atoms with van der Waals surface area (Å²) in [5.74, 6) is 0.245. The summed E-state index contributed by atoms with van der Waals surface area (Å²) < 4.78 is 0. The largest absolute Gasteiger partial charge is 0.394 e. The van der Waals surface area contributed by atoms with Gasteiger partial charge in [0, 0.05) is 12.6 Å². The number of aliphatic hydroxyl groups is 1. The average Bonchev–Trinajstić information content (AvgIpc) is 2.86. The van der Waals surface area contributed by atoms with Crippen molar-refractivity contribution in [3.8, 4) is 6.07 Å². The van der Waals surface area contributed by atoms with E-state index in [1.807, 2.05) is 13.0 Å². The van der Waals surface area contributed by atoms with E-state index < -0.39 is 0 Å². The van der Waals surface area contributed by atoms with Crippen molar-refractivity contribution in [2.24, 2.45) is 5.92 Å². The third-order valence-corrected chi connectivity index (χ3v) is 3.79. The highest BCUT2D eigenvalue weighted by Gasteiger charge is 2.32. The van der Waals surface area contributed by atoms with E-state index in [0.29, 0.717) is 18.0 Å². The molecule has 2 unspecified atom stereocenters. The molecule has 1 aliphatic rings. The smallest absolute Gasteiger partial charge is 0.246 e. The van der Waals surface area contributed by atoms with Gasteiger partial charge in [-0.25, -0.2) is 0 Å². The van der Waals surface area contributed by atoms with E-state index in [-0.39, 0.29) is 18.6 Å². The average molecular weight is 270 g/mol. The lowest BCUT2D eigenvalue weighted by atomic mass is 10.0. The molecule has 1 amide bonds. The van der Waals surface area contributed by atoms with Crippen LogP contribution in [0, 0.1) is 17.2 Å². The standard InChI is InChI=1S/C16H18N2O2/c1-12-7-8-18(15(12)11-19)16(20)6-5-13-3-2-4-14(9-13)10-17/h2-6,9,12,15,19H,7-8,11H2,1H3/b6-5+. The summed E-state index contributed by atoms with van der Waals surface area (Å²) >= 11 is 0. The maximum Gasteiger partial charge on any atom is 0.246 e. The Hall–Kier alpha value is -2.12. The first-order valence-corrected chi connectivity index (χ1v) is 6.75. The van der Waals surface area contributed by atoms with Crippen molar-refractivity contribution >= 4 is 12.0 Å². The number of aliphatic hydroxyl groups excluding tert-OH is 1. The predicted octanol–water partition coefficient (Wildman–Crippen LogP) is 1.80. The Morgan fingerprint density at radius 2 is 2.40 bits per heavy atom. The minimum atomic E-state index is -0.0873. The first-order chi connectivity index (χ1) is 9.65. The van der Waals surface area contributed by atoms with Gasteiger partial charge in [-0.3, -0.25) is 4.79 Å². The molecule has 4 nitrogen and oxygen atoms in total. The first-order valence-electron chi connectivity index (χ1n) is 6.75. The molecule has 0 aliphatic carbocycles. The molecule has 2 atom stereocenters. The van der Waals surface area contributed by atoms with Crippen LogP contribution in [0.4, 0.5) is 0 Å². The molecule has 4 heteroatoms. The van der Waals surface area contributed by atoms with Gasteiger partial charge in [-0.1, -0.05) is 19.1 Å². The fourth-order valence-electron chi connectivity index (χ4n) is 2.54. The Labute approximate surface area is 118 Å². The van der Waals surface area contributed by atoms with E-state index in [9.17, 15) is 9.90 Å². The van der Waals surface area contributed by atoms with Crippen LogP contribution in [0.1, 0.15) is 24.5 Å². The number of rotatable bonds is 3. The maximum absolute atomic E-state index is 12.2. The maximum atomic E-state index is 12.2. The lowest BCUT2D eigenvalue weighted by molar-refractivity contribution is -0.127. The van der Waals surface area contributed by atoms with Crippen LogP contribution < -0.4 is 0 Å². The normalized spacial score (nSPS) is 22.1. The van der Waals surface area contributed by atoms with Gasteiger partial charge in [-0.2, -0.15) is 5.26 Å². The van der Waals surface area contributed by atoms with Gasteiger partial charge >= 0.3 is 0 Å². The molecule has 1 heterocycles. The fraction of sp³-hybridized carbons (Fsp3) is 0.375. The van der Waals surface area contributed by atoms with Crippen LogP contribution in [-0.2, 0) is 4.79 Å². The zero-order valence-electron chi connectivity index (χ0n) is 11.5. The van der Waals surface area contributed by atoms with Crippen LogP contribution >= 0.6 is 0 Å². The highest BCUT2D eigenvalue weighted by atomic mass is 16.3. The van der Waals surface area contributed by atoms with Crippen LogP contribution in [0.3, 0.4) is 0 Å². The molecule has 0 bridgehead atoms. The number of carbonyl (C=O) groups is 1. The van der Waals surface area contributed by atoms with Crippen molar-refractivity contribution < 1.29 is 9.90 Å². The molecule has 1 aliphatic heterocycles. The number of benzene rings is 1. The number of carbonyl (C=O) groups excluding carboxylic acids is 1. The summed E-state index contributed by atoms with van der Waals surface area (Å²) in [6.45, 7) is 2.74. The molecule has 1 fully saturated rings. The minimum absolute atomic E-state index is 0.00463. The second-order valence-corrected chi connectivity index (χ2v) is 5.12. The van der Waals surface area contributed by atoms with E-state index in [2.05, 4.69) is 6.07 Å². The van der Waals surface area contributed by atoms with Crippen molar-refractivity contribution in [3.05, 3.63) is 41.5 Å². The molecule has 1 aromatic rings. The molecular weight excluding hydrogens is 252 g/mol. The zero-order chi connectivity index (χ0) is 14.5. The summed E-state index contributed by atoms with van der Waals surface area (Å²) in [4.78, 5) is 13.9. The molecule has 1 saturated heterocycles. The molecule has 20 heavy (non-hydrogen) atoms. The van der Waals surface area contributed by atoms with Crippen LogP contribution in [-0.4, -0.2) is 35.1 Å². The molecule has 104 valence electrons. The monoisotopic (exact) mass is 270 g/mol. The summed E-state index contributed by atoms with van der Waals surface area (Å²) in [6.07, 6.45) is 4.15. The third-order valence-electron chi connectivity index (χ3n) is 3.79. The summed E-state index contributed by atoms with van der Waals surface area (Å²) in [5, 5.41) is 18.2. The topological polar surface area (TPSA) is 64.3 Å². The number of amides is 1. The van der Waals surface area contributed by atoms with Crippen LogP contribution in [0.25, 0.3) is 6.08 Å². The number of nitriles is 1. The summed E-state index contributed by atoms with van der Waals surface area (Å²) in [5.41, 5.74) is 1.40. The van der Waals surface area contributed by atoms with Gasteiger partial charge in [-0.15, -0.1) is 0 Å². The molecule has 1 N–H and O–H groups in total. The molecule has 0 saturated carbocycles. The van der Waals surface area contributed by atoms with Gasteiger partial charge in [0.1, 0.15) is 0 Å². The van der Waals surface area contributed by atoms with E-state index in [4.69, 9.17) is 5.26 Å². The number of nitrogens with zero attached hydrogens (tertiary/aromatic N) is 2. The Balaban J connectivity index is 2.07. The second-order valence-electron chi connectivity index (χ2n) is 5.12. The summed E-state index contributed by atoms with van der Waals surface area (Å²) in [6, 6.07) is 9.08. The lowest BCUT2D eigenvalue weighted by Crippen LogP contribution is -2.38. The molecule has 1 aromatic carbocycles. The molecule has 0 aromatic heterocycles. The number of hydrogen-bond donors (Lipinski definition) is 1. The Kier molecular flexibility index (Phi) is 4.54. The van der Waals surface area contributed by atoms with E-state index in [1.165, 1.54) is 6.08 Å². The van der Waals surface area contributed by atoms with Crippen molar-refractivity contribution in [2.75, 3.05) is 13.2 Å². The van der Waals surface area contributed by atoms with Crippen molar-refractivity contribution in [1.82, 2.24) is 4.90 Å². The highest BCUT2D eigenvalue weighted by Crippen LogP contribution is 2.23. The van der Waals surface area contributed by atoms with E-state index in [0.717, 1.165) is 12.0 Å². The van der Waals surface area contributed by atoms with Gasteiger partial charge in [0.15, 0.2) is 0 Å². The molecule has 0 spiro atoms. The summed E-state index contributed by atoms with van der Waals surface area (Å²) in [7, 11) is 0. The quantitative estimate of drug-likeness (QED) is 0.852. The highest BCUT2D eigenvalue weighted by molar-refractivity contribution is 5.92. The van der Waals surface area contributed by atoms with Gasteiger partial charge < -0.3 is 10.0 Å². The Morgan fingerprint density at radius 1 is 1.60 bits per heavy atom. The van der Waals surface area contributed by atoms with Gasteiger partial charge in [0.2, 0.25) is 5.91 Å². The van der Waals surface area contributed by atoms with Crippen LogP contribution in [0.15, 0.2) is 30.3 Å². The minimum Gasteiger partial charge on any atom is -0.394 e. The zero-order valence-corrected chi connectivity index (χ0v) is 11.5. The van der Waals surface area contributed by atoms with Gasteiger partial charge in [0.25, 0.3) is 0 Å². The van der Waals surface area contributed by atoms with Crippen molar-refractivity contribution in [3.63, 3.8) is 0 Å². The van der Waals surface area contributed by atoms with Gasteiger partial charge in [-0.05, 0) is 36.1 Å². The molecular formula is C16H18N2O2. The Bertz CT molecular complexity index is 560. The van der Waals surface area contributed by atoms with Crippen LogP contribution in [0.2, 0.25) is 0 Å². The van der Waals surface area contributed by atoms with Crippen LogP contribution in [0.5, 0.6) is 0 Å². The third kappa shape index (κ3) is 3.06. The second kappa shape index (κ2) is 6.36. The van der Waals surface area contributed by atoms with E-state index >= 15 is 0 Å².